The van der Waals surface area contributed by atoms with Gasteiger partial charge in [0.05, 0.1) is 12.5 Å². The first-order valence-electron chi connectivity index (χ1n) is 8.22. The van der Waals surface area contributed by atoms with Crippen molar-refractivity contribution in [1.29, 1.82) is 0 Å². The molecule has 0 aliphatic carbocycles. The molecule has 1 aliphatic heterocycles. The molecule has 1 aliphatic rings. The molecule has 1 amide bonds. The summed E-state index contributed by atoms with van der Waals surface area (Å²) in [6, 6.07) is 0. The third-order valence-electron chi connectivity index (χ3n) is 4.03. The SMILES string of the molecule is CCCC(CCNC(=O)CC1CCCCO1)CCC(=O)O. The molecule has 2 atom stereocenters. The molecule has 5 nitrogen and oxygen atoms in total. The van der Waals surface area contributed by atoms with Crippen molar-refractivity contribution in [3.8, 4) is 0 Å². The lowest BCUT2D eigenvalue weighted by atomic mass is 9.94. The molecule has 21 heavy (non-hydrogen) atoms. The Hall–Kier alpha value is -1.10. The molecule has 122 valence electrons. The highest BCUT2D eigenvalue weighted by molar-refractivity contribution is 5.76. The molecule has 1 saturated heterocycles. The molecule has 0 aromatic heterocycles. The van der Waals surface area contributed by atoms with Crippen molar-refractivity contribution in [3.63, 3.8) is 0 Å². The summed E-state index contributed by atoms with van der Waals surface area (Å²) in [5.74, 6) is -0.303. The van der Waals surface area contributed by atoms with Crippen LogP contribution in [0.1, 0.15) is 64.7 Å². The van der Waals surface area contributed by atoms with Crippen LogP contribution >= 0.6 is 0 Å². The maximum Gasteiger partial charge on any atom is 0.303 e. The second-order valence-electron chi connectivity index (χ2n) is 5.92. The monoisotopic (exact) mass is 299 g/mol. The molecule has 0 spiro atoms. The van der Waals surface area contributed by atoms with Crippen LogP contribution in [0.3, 0.4) is 0 Å². The summed E-state index contributed by atoms with van der Waals surface area (Å²) in [7, 11) is 0. The number of carbonyl (C=O) groups is 2. The first kappa shape index (κ1) is 18.0. The van der Waals surface area contributed by atoms with E-state index in [0.29, 0.717) is 25.3 Å². The van der Waals surface area contributed by atoms with Crippen molar-refractivity contribution in [2.75, 3.05) is 13.2 Å². The number of nitrogens with one attached hydrogen (secondary N) is 1. The highest BCUT2D eigenvalue weighted by atomic mass is 16.5. The van der Waals surface area contributed by atoms with Gasteiger partial charge >= 0.3 is 5.97 Å². The fourth-order valence-corrected chi connectivity index (χ4v) is 2.83. The maximum atomic E-state index is 11.8. The quantitative estimate of drug-likeness (QED) is 0.650. The smallest absolute Gasteiger partial charge is 0.303 e. The van der Waals surface area contributed by atoms with E-state index in [1.54, 1.807) is 0 Å². The van der Waals surface area contributed by atoms with Crippen molar-refractivity contribution in [2.45, 2.75) is 70.8 Å². The van der Waals surface area contributed by atoms with Crippen LogP contribution < -0.4 is 5.32 Å². The van der Waals surface area contributed by atoms with Crippen LogP contribution in [-0.4, -0.2) is 36.2 Å². The Morgan fingerprint density at radius 3 is 2.71 bits per heavy atom. The second kappa shape index (κ2) is 10.6. The van der Waals surface area contributed by atoms with E-state index in [0.717, 1.165) is 45.1 Å². The minimum atomic E-state index is -0.741. The van der Waals surface area contributed by atoms with Crippen LogP contribution in [0.4, 0.5) is 0 Å². The van der Waals surface area contributed by atoms with Crippen LogP contribution in [0.2, 0.25) is 0 Å². The van der Waals surface area contributed by atoms with Crippen LogP contribution in [-0.2, 0) is 14.3 Å². The summed E-state index contributed by atoms with van der Waals surface area (Å²) < 4.78 is 5.55. The van der Waals surface area contributed by atoms with Crippen LogP contribution in [0, 0.1) is 5.92 Å². The van der Waals surface area contributed by atoms with Gasteiger partial charge in [-0.05, 0) is 38.0 Å². The number of rotatable bonds is 10. The number of carboxylic acids is 1. The Morgan fingerprint density at radius 2 is 2.10 bits per heavy atom. The predicted octanol–water partition coefficient (Wildman–Crippen LogP) is 2.73. The molecule has 1 rings (SSSR count). The summed E-state index contributed by atoms with van der Waals surface area (Å²) >= 11 is 0. The molecule has 1 fully saturated rings. The lowest BCUT2D eigenvalue weighted by molar-refractivity contribution is -0.137. The van der Waals surface area contributed by atoms with E-state index in [4.69, 9.17) is 9.84 Å². The molecule has 2 unspecified atom stereocenters. The van der Waals surface area contributed by atoms with Crippen molar-refractivity contribution in [3.05, 3.63) is 0 Å². The van der Waals surface area contributed by atoms with Gasteiger partial charge in [-0.25, -0.2) is 0 Å². The fraction of sp³-hybridized carbons (Fsp3) is 0.875. The number of amides is 1. The van der Waals surface area contributed by atoms with Crippen LogP contribution in [0.5, 0.6) is 0 Å². The van der Waals surface area contributed by atoms with Gasteiger partial charge < -0.3 is 15.2 Å². The lowest BCUT2D eigenvalue weighted by Gasteiger charge is -2.22. The summed E-state index contributed by atoms with van der Waals surface area (Å²) in [6.07, 6.45) is 7.60. The summed E-state index contributed by atoms with van der Waals surface area (Å²) in [5.41, 5.74) is 0. The number of carbonyl (C=O) groups excluding carboxylic acids is 1. The largest absolute Gasteiger partial charge is 0.481 e. The Labute approximate surface area is 127 Å². The van der Waals surface area contributed by atoms with Gasteiger partial charge in [0.1, 0.15) is 0 Å². The van der Waals surface area contributed by atoms with E-state index in [-0.39, 0.29) is 18.4 Å². The molecule has 2 N–H and O–H groups in total. The minimum absolute atomic E-state index is 0.0513. The van der Waals surface area contributed by atoms with Gasteiger partial charge in [0.15, 0.2) is 0 Å². The van der Waals surface area contributed by atoms with Gasteiger partial charge in [-0.15, -0.1) is 0 Å². The summed E-state index contributed by atoms with van der Waals surface area (Å²) in [6.45, 7) is 3.51. The van der Waals surface area contributed by atoms with Crippen molar-refractivity contribution < 1.29 is 19.4 Å². The summed E-state index contributed by atoms with van der Waals surface area (Å²) in [4.78, 5) is 22.5. The molecule has 0 saturated carbocycles. The Bertz CT molecular complexity index is 313. The zero-order valence-electron chi connectivity index (χ0n) is 13.1. The molecule has 1 heterocycles. The number of aliphatic carboxylic acids is 1. The molecular weight excluding hydrogens is 270 g/mol. The number of carboxylic acid groups (broad SMARTS) is 1. The Kier molecular flexibility index (Phi) is 9.06. The molecule has 0 aromatic rings. The average Bonchev–Trinajstić information content (AvgIpc) is 2.45. The predicted molar refractivity (Wildman–Crippen MR) is 81.1 cm³/mol. The van der Waals surface area contributed by atoms with Crippen molar-refractivity contribution >= 4 is 11.9 Å². The standard InChI is InChI=1S/C16H29NO4/c1-2-5-13(7-8-16(19)20)9-10-17-15(18)12-14-6-3-4-11-21-14/h13-14H,2-12H2,1H3,(H,17,18)(H,19,20). The third-order valence-corrected chi connectivity index (χ3v) is 4.03. The highest BCUT2D eigenvalue weighted by Gasteiger charge is 2.17. The third kappa shape index (κ3) is 8.71. The zero-order chi connectivity index (χ0) is 15.5. The Morgan fingerprint density at radius 1 is 1.29 bits per heavy atom. The molecule has 0 bridgehead atoms. The van der Waals surface area contributed by atoms with Gasteiger partial charge in [-0.2, -0.15) is 0 Å². The fourth-order valence-electron chi connectivity index (χ4n) is 2.83. The molecule has 0 aromatic carbocycles. The minimum Gasteiger partial charge on any atom is -0.481 e. The molecule has 0 radical (unpaired) electrons. The number of hydrogen-bond donors (Lipinski definition) is 2. The van der Waals surface area contributed by atoms with Gasteiger partial charge in [-0.1, -0.05) is 19.8 Å². The van der Waals surface area contributed by atoms with Crippen LogP contribution in [0.25, 0.3) is 0 Å². The van der Waals surface area contributed by atoms with E-state index in [1.807, 2.05) is 0 Å². The van der Waals surface area contributed by atoms with Gasteiger partial charge in [-0.3, -0.25) is 9.59 Å². The first-order valence-corrected chi connectivity index (χ1v) is 8.22. The first-order chi connectivity index (χ1) is 10.1. The van der Waals surface area contributed by atoms with Gasteiger partial charge in [0, 0.05) is 19.6 Å². The van der Waals surface area contributed by atoms with E-state index in [9.17, 15) is 9.59 Å². The van der Waals surface area contributed by atoms with E-state index >= 15 is 0 Å². The van der Waals surface area contributed by atoms with Crippen molar-refractivity contribution in [1.82, 2.24) is 5.32 Å². The summed E-state index contributed by atoms with van der Waals surface area (Å²) in [5, 5.41) is 11.7. The number of ether oxygens (including phenoxy) is 1. The van der Waals surface area contributed by atoms with E-state index in [1.165, 1.54) is 0 Å². The van der Waals surface area contributed by atoms with E-state index < -0.39 is 5.97 Å². The average molecular weight is 299 g/mol. The topological polar surface area (TPSA) is 75.6 Å². The van der Waals surface area contributed by atoms with Crippen LogP contribution in [0.15, 0.2) is 0 Å². The van der Waals surface area contributed by atoms with E-state index in [2.05, 4.69) is 12.2 Å². The van der Waals surface area contributed by atoms with Gasteiger partial charge in [0.2, 0.25) is 5.91 Å². The lowest BCUT2D eigenvalue weighted by Crippen LogP contribution is -2.31. The van der Waals surface area contributed by atoms with Gasteiger partial charge in [0.25, 0.3) is 0 Å². The molecule has 5 heteroatoms. The number of hydrogen-bond acceptors (Lipinski definition) is 3. The molecular formula is C16H29NO4. The highest BCUT2D eigenvalue weighted by Crippen LogP contribution is 2.18. The van der Waals surface area contributed by atoms with Crippen molar-refractivity contribution in [2.24, 2.45) is 5.92 Å². The Balaban J connectivity index is 2.16. The second-order valence-corrected chi connectivity index (χ2v) is 5.92. The maximum absolute atomic E-state index is 11.8. The zero-order valence-corrected chi connectivity index (χ0v) is 13.1. The normalized spacial score (nSPS) is 20.0.